The van der Waals surface area contributed by atoms with Crippen molar-refractivity contribution in [2.24, 2.45) is 5.92 Å². The lowest BCUT2D eigenvalue weighted by molar-refractivity contribution is 0.257. The largest absolute Gasteiger partial charge is 0.303 e. The summed E-state index contributed by atoms with van der Waals surface area (Å²) in [6.45, 7) is 8.65. The number of hydrogen-bond donors (Lipinski definition) is 0. The second-order valence-corrected chi connectivity index (χ2v) is 3.90. The molecule has 1 heterocycles. The van der Waals surface area contributed by atoms with Crippen molar-refractivity contribution in [1.82, 2.24) is 4.90 Å². The first kappa shape index (κ1) is 9.05. The van der Waals surface area contributed by atoms with E-state index in [0.29, 0.717) is 0 Å². The van der Waals surface area contributed by atoms with Crippen LogP contribution in [-0.4, -0.2) is 24.5 Å². The molecule has 11 heavy (non-hydrogen) atoms. The Morgan fingerprint density at radius 3 is 2.91 bits per heavy atom. The van der Waals surface area contributed by atoms with Crippen LogP contribution in [0.4, 0.5) is 0 Å². The van der Waals surface area contributed by atoms with Gasteiger partial charge >= 0.3 is 0 Å². The van der Waals surface area contributed by atoms with Gasteiger partial charge in [-0.3, -0.25) is 0 Å². The Morgan fingerprint density at radius 1 is 1.36 bits per heavy atom. The molecule has 1 aliphatic heterocycles. The molecule has 1 saturated heterocycles. The highest BCUT2D eigenvalue weighted by Gasteiger charge is 2.12. The van der Waals surface area contributed by atoms with Gasteiger partial charge in [-0.15, -0.1) is 0 Å². The van der Waals surface area contributed by atoms with Crippen molar-refractivity contribution >= 4 is 0 Å². The Labute approximate surface area is 70.8 Å². The van der Waals surface area contributed by atoms with Gasteiger partial charge in [0.25, 0.3) is 0 Å². The third kappa shape index (κ3) is 3.24. The summed E-state index contributed by atoms with van der Waals surface area (Å²) in [5.41, 5.74) is 0. The van der Waals surface area contributed by atoms with Crippen LogP contribution < -0.4 is 0 Å². The summed E-state index contributed by atoms with van der Waals surface area (Å²) < 4.78 is 0. The minimum absolute atomic E-state index is 0.934. The zero-order chi connectivity index (χ0) is 8.10. The van der Waals surface area contributed by atoms with E-state index in [0.717, 1.165) is 5.92 Å². The summed E-state index contributed by atoms with van der Waals surface area (Å²) in [7, 11) is 0. The van der Waals surface area contributed by atoms with Crippen molar-refractivity contribution in [2.75, 3.05) is 19.6 Å². The molecule has 0 radical (unpaired) electrons. The molecule has 0 aromatic heterocycles. The van der Waals surface area contributed by atoms with Crippen LogP contribution in [0.1, 0.15) is 39.5 Å². The fourth-order valence-electron chi connectivity index (χ4n) is 1.97. The number of hydrogen-bond acceptors (Lipinski definition) is 1. The third-order valence-electron chi connectivity index (χ3n) is 2.53. The highest BCUT2D eigenvalue weighted by atomic mass is 15.1. The Morgan fingerprint density at radius 2 is 2.18 bits per heavy atom. The van der Waals surface area contributed by atoms with E-state index in [9.17, 15) is 0 Å². The highest BCUT2D eigenvalue weighted by Crippen LogP contribution is 2.15. The smallest absolute Gasteiger partial charge is 0.000702 e. The van der Waals surface area contributed by atoms with Crippen molar-refractivity contribution in [3.8, 4) is 0 Å². The Kier molecular flexibility index (Phi) is 3.92. The number of nitrogens with zero attached hydrogens (tertiary/aromatic N) is 1. The number of rotatable bonds is 2. The van der Waals surface area contributed by atoms with Gasteiger partial charge in [-0.05, 0) is 38.3 Å². The maximum atomic E-state index is 2.62. The second-order valence-electron chi connectivity index (χ2n) is 3.90. The van der Waals surface area contributed by atoms with Crippen molar-refractivity contribution in [2.45, 2.75) is 39.5 Å². The van der Waals surface area contributed by atoms with Crippen molar-refractivity contribution in [3.05, 3.63) is 0 Å². The van der Waals surface area contributed by atoms with E-state index >= 15 is 0 Å². The first-order valence-corrected chi connectivity index (χ1v) is 5.05. The van der Waals surface area contributed by atoms with Gasteiger partial charge in [0.05, 0.1) is 0 Å². The van der Waals surface area contributed by atoms with Gasteiger partial charge in [-0.2, -0.15) is 0 Å². The van der Waals surface area contributed by atoms with E-state index in [2.05, 4.69) is 18.7 Å². The van der Waals surface area contributed by atoms with E-state index in [1.165, 1.54) is 45.3 Å². The molecule has 1 rings (SSSR count). The topological polar surface area (TPSA) is 3.24 Å². The standard InChI is InChI=1S/C10H21N/c1-3-7-11-8-5-4-6-10(2)9-11/h10H,3-9H2,1-2H3/t10-/m0/s1. The molecule has 1 atom stereocenters. The van der Waals surface area contributed by atoms with E-state index in [-0.39, 0.29) is 0 Å². The first-order chi connectivity index (χ1) is 5.33. The first-order valence-electron chi connectivity index (χ1n) is 5.05. The second kappa shape index (κ2) is 4.76. The highest BCUT2D eigenvalue weighted by molar-refractivity contribution is 4.67. The monoisotopic (exact) mass is 155 g/mol. The van der Waals surface area contributed by atoms with Gasteiger partial charge in [-0.1, -0.05) is 20.3 Å². The average molecular weight is 155 g/mol. The fraction of sp³-hybridized carbons (Fsp3) is 1.00. The Hall–Kier alpha value is -0.0400. The molecular weight excluding hydrogens is 134 g/mol. The quantitative estimate of drug-likeness (QED) is 0.592. The average Bonchev–Trinajstić information content (AvgIpc) is 2.15. The minimum atomic E-state index is 0.934. The summed E-state index contributed by atoms with van der Waals surface area (Å²) in [6, 6.07) is 0. The molecule has 1 heteroatoms. The maximum absolute atomic E-state index is 2.62. The molecule has 0 aliphatic carbocycles. The van der Waals surface area contributed by atoms with Gasteiger partial charge < -0.3 is 4.90 Å². The lowest BCUT2D eigenvalue weighted by atomic mass is 10.1. The summed E-state index contributed by atoms with van der Waals surface area (Å²) in [4.78, 5) is 2.62. The van der Waals surface area contributed by atoms with Crippen molar-refractivity contribution < 1.29 is 0 Å². The van der Waals surface area contributed by atoms with E-state index in [4.69, 9.17) is 0 Å². The number of likely N-dealkylation sites (tertiary alicyclic amines) is 1. The molecule has 0 N–H and O–H groups in total. The van der Waals surface area contributed by atoms with E-state index < -0.39 is 0 Å². The molecule has 0 unspecified atom stereocenters. The van der Waals surface area contributed by atoms with Gasteiger partial charge in [0, 0.05) is 6.54 Å². The predicted octanol–water partition coefficient (Wildman–Crippen LogP) is 2.52. The molecule has 1 nitrogen and oxygen atoms in total. The van der Waals surface area contributed by atoms with Gasteiger partial charge in [0.1, 0.15) is 0 Å². The lowest BCUT2D eigenvalue weighted by Crippen LogP contribution is -2.28. The zero-order valence-electron chi connectivity index (χ0n) is 7.97. The summed E-state index contributed by atoms with van der Waals surface area (Å²) >= 11 is 0. The molecule has 0 bridgehead atoms. The van der Waals surface area contributed by atoms with Crippen LogP contribution in [0.2, 0.25) is 0 Å². The van der Waals surface area contributed by atoms with Crippen LogP contribution >= 0.6 is 0 Å². The summed E-state index contributed by atoms with van der Waals surface area (Å²) in [6.07, 6.45) is 5.62. The molecule has 1 aliphatic rings. The molecular formula is C10H21N. The van der Waals surface area contributed by atoms with Crippen molar-refractivity contribution in [3.63, 3.8) is 0 Å². The van der Waals surface area contributed by atoms with Crippen LogP contribution in [0.5, 0.6) is 0 Å². The summed E-state index contributed by atoms with van der Waals surface area (Å²) in [5, 5.41) is 0. The molecule has 0 aromatic carbocycles. The molecule has 0 spiro atoms. The van der Waals surface area contributed by atoms with Crippen LogP contribution in [0.25, 0.3) is 0 Å². The normalized spacial score (nSPS) is 28.4. The van der Waals surface area contributed by atoms with Gasteiger partial charge in [-0.25, -0.2) is 0 Å². The Balaban J connectivity index is 2.27. The summed E-state index contributed by atoms with van der Waals surface area (Å²) in [5.74, 6) is 0.934. The molecule has 66 valence electrons. The maximum Gasteiger partial charge on any atom is 0.000702 e. The molecule has 1 fully saturated rings. The van der Waals surface area contributed by atoms with Crippen LogP contribution in [0.15, 0.2) is 0 Å². The molecule has 0 saturated carbocycles. The van der Waals surface area contributed by atoms with E-state index in [1.54, 1.807) is 0 Å². The van der Waals surface area contributed by atoms with Gasteiger partial charge in [0.2, 0.25) is 0 Å². The molecule has 0 amide bonds. The lowest BCUT2D eigenvalue weighted by Gasteiger charge is -2.21. The van der Waals surface area contributed by atoms with E-state index in [1.807, 2.05) is 0 Å². The van der Waals surface area contributed by atoms with Crippen LogP contribution in [0.3, 0.4) is 0 Å². The van der Waals surface area contributed by atoms with Crippen LogP contribution in [-0.2, 0) is 0 Å². The van der Waals surface area contributed by atoms with Crippen molar-refractivity contribution in [1.29, 1.82) is 0 Å². The van der Waals surface area contributed by atoms with Crippen LogP contribution in [0, 0.1) is 5.92 Å². The SMILES string of the molecule is CCCN1CCCC[C@H](C)C1. The molecule has 0 aromatic rings. The fourth-order valence-corrected chi connectivity index (χ4v) is 1.97. The third-order valence-corrected chi connectivity index (χ3v) is 2.53. The van der Waals surface area contributed by atoms with Gasteiger partial charge in [0.15, 0.2) is 0 Å². The Bertz CT molecular complexity index is 101. The minimum Gasteiger partial charge on any atom is -0.303 e. The zero-order valence-corrected chi connectivity index (χ0v) is 7.97. The predicted molar refractivity (Wildman–Crippen MR) is 49.7 cm³/mol.